The van der Waals surface area contributed by atoms with Crippen LogP contribution >= 0.6 is 11.8 Å². The van der Waals surface area contributed by atoms with E-state index in [1.165, 1.54) is 23.4 Å². The Kier molecular flexibility index (Phi) is 5.84. The molecule has 0 saturated heterocycles. The summed E-state index contributed by atoms with van der Waals surface area (Å²) in [5, 5.41) is 12.3. The number of hydrogen-bond donors (Lipinski definition) is 0. The third-order valence-corrected chi connectivity index (χ3v) is 6.51. The largest absolute Gasteiger partial charge is 0.289 e. The molecule has 0 radical (unpaired) electrons. The fourth-order valence-corrected chi connectivity index (χ4v) is 4.25. The van der Waals surface area contributed by atoms with E-state index >= 15 is 0 Å². The Bertz CT molecular complexity index is 1100. The topological polar surface area (TPSA) is 73.1 Å². The fraction of sp³-hybridized carbons (Fsp3) is 0.217. The molecule has 1 heterocycles. The third-order valence-electron chi connectivity index (χ3n) is 5.50. The highest BCUT2D eigenvalue weighted by Gasteiger charge is 2.23. The van der Waals surface area contributed by atoms with Crippen LogP contribution in [-0.2, 0) is 0 Å². The lowest BCUT2D eigenvalue weighted by Gasteiger charge is -2.18. The monoisotopic (exact) mass is 406 g/mol. The van der Waals surface area contributed by atoms with Crippen molar-refractivity contribution in [2.45, 2.75) is 44.5 Å². The van der Waals surface area contributed by atoms with E-state index in [4.69, 9.17) is 0 Å². The van der Waals surface area contributed by atoms with E-state index in [0.29, 0.717) is 21.0 Å². The molecule has 0 aliphatic rings. The second kappa shape index (κ2) is 8.17. The van der Waals surface area contributed by atoms with Crippen LogP contribution in [0.4, 0.5) is 5.69 Å². The molecule has 148 valence electrons. The summed E-state index contributed by atoms with van der Waals surface area (Å²) in [5.74, 6) is -0.191. The quantitative estimate of drug-likeness (QED) is 0.299. The SMILES string of the molecule is Cc1c(C)c(C)c(C(=O)c2ccc(Sc3ccccn3)c([N+](=O)[O-])c2)c(C)c1C. The third kappa shape index (κ3) is 3.93. The van der Waals surface area contributed by atoms with Crippen LogP contribution in [-0.4, -0.2) is 15.7 Å². The van der Waals surface area contributed by atoms with Gasteiger partial charge in [0.05, 0.1) is 9.82 Å². The molecule has 0 spiro atoms. The van der Waals surface area contributed by atoms with Crippen LogP contribution in [0.15, 0.2) is 52.5 Å². The molecule has 0 N–H and O–H groups in total. The number of aromatic nitrogens is 1. The zero-order valence-corrected chi connectivity index (χ0v) is 17.9. The molecule has 0 aliphatic carbocycles. The predicted molar refractivity (Wildman–Crippen MR) is 115 cm³/mol. The van der Waals surface area contributed by atoms with Gasteiger partial charge in [-0.1, -0.05) is 17.8 Å². The maximum absolute atomic E-state index is 13.3. The lowest BCUT2D eigenvalue weighted by atomic mass is 9.86. The zero-order chi connectivity index (χ0) is 21.3. The summed E-state index contributed by atoms with van der Waals surface area (Å²) < 4.78 is 0. The van der Waals surface area contributed by atoms with Crippen molar-refractivity contribution in [1.29, 1.82) is 0 Å². The standard InChI is InChI=1S/C23H22N2O3S/c1-13-14(2)16(4)22(17(5)15(13)3)23(26)18-9-10-20(19(12-18)25(27)28)29-21-8-6-7-11-24-21/h6-12H,1-5H3. The van der Waals surface area contributed by atoms with Crippen molar-refractivity contribution in [2.75, 3.05) is 0 Å². The number of ketones is 1. The van der Waals surface area contributed by atoms with Crippen molar-refractivity contribution < 1.29 is 9.72 Å². The van der Waals surface area contributed by atoms with Crippen LogP contribution < -0.4 is 0 Å². The predicted octanol–water partition coefficient (Wildman–Crippen LogP) is 5.91. The Balaban J connectivity index is 2.08. The zero-order valence-electron chi connectivity index (χ0n) is 17.1. The summed E-state index contributed by atoms with van der Waals surface area (Å²) in [6.45, 7) is 9.92. The van der Waals surface area contributed by atoms with Crippen LogP contribution in [0.3, 0.4) is 0 Å². The summed E-state index contributed by atoms with van der Waals surface area (Å²) in [6.07, 6.45) is 1.64. The average Bonchev–Trinajstić information content (AvgIpc) is 2.71. The van der Waals surface area contributed by atoms with Gasteiger partial charge in [-0.25, -0.2) is 4.98 Å². The number of nitrogens with zero attached hydrogens (tertiary/aromatic N) is 2. The number of pyridine rings is 1. The van der Waals surface area contributed by atoms with Crippen molar-refractivity contribution in [2.24, 2.45) is 0 Å². The number of hydrogen-bond acceptors (Lipinski definition) is 5. The normalized spacial score (nSPS) is 10.8. The van der Waals surface area contributed by atoms with Gasteiger partial charge >= 0.3 is 0 Å². The van der Waals surface area contributed by atoms with Gasteiger partial charge in [0.2, 0.25) is 0 Å². The Labute approximate surface area is 174 Å². The van der Waals surface area contributed by atoms with Gasteiger partial charge in [0.15, 0.2) is 5.78 Å². The van der Waals surface area contributed by atoms with Gasteiger partial charge in [-0.2, -0.15) is 0 Å². The van der Waals surface area contributed by atoms with E-state index in [1.54, 1.807) is 30.5 Å². The number of carbonyl (C=O) groups is 1. The van der Waals surface area contributed by atoms with Crippen molar-refractivity contribution >= 4 is 23.2 Å². The summed E-state index contributed by atoms with van der Waals surface area (Å²) in [6, 6.07) is 10.1. The van der Waals surface area contributed by atoms with E-state index in [1.807, 2.05) is 40.7 Å². The molecule has 0 bridgehead atoms. The van der Waals surface area contributed by atoms with Gasteiger partial charge in [-0.3, -0.25) is 14.9 Å². The summed E-state index contributed by atoms with van der Waals surface area (Å²) in [5.41, 5.74) is 6.02. The van der Waals surface area contributed by atoms with Gasteiger partial charge in [-0.05, 0) is 86.7 Å². The van der Waals surface area contributed by atoms with Crippen molar-refractivity contribution in [3.8, 4) is 0 Å². The highest BCUT2D eigenvalue weighted by atomic mass is 32.2. The first-order valence-corrected chi connectivity index (χ1v) is 10.0. The molecule has 0 atom stereocenters. The molecule has 5 nitrogen and oxygen atoms in total. The van der Waals surface area contributed by atoms with Gasteiger partial charge in [0.1, 0.15) is 5.03 Å². The number of carbonyl (C=O) groups excluding carboxylic acids is 1. The molecule has 6 heteroatoms. The molecule has 2 aromatic carbocycles. The maximum Gasteiger partial charge on any atom is 0.284 e. The molecule has 1 aromatic heterocycles. The van der Waals surface area contributed by atoms with Crippen LogP contribution in [0.5, 0.6) is 0 Å². The minimum absolute atomic E-state index is 0.0950. The van der Waals surface area contributed by atoms with Gasteiger partial charge in [0.25, 0.3) is 5.69 Å². The Morgan fingerprint density at radius 2 is 1.55 bits per heavy atom. The molecule has 0 amide bonds. The molecule has 0 unspecified atom stereocenters. The van der Waals surface area contributed by atoms with Gasteiger partial charge in [-0.15, -0.1) is 0 Å². The molecular formula is C23H22N2O3S. The first-order chi connectivity index (χ1) is 13.7. The minimum atomic E-state index is -0.451. The van der Waals surface area contributed by atoms with E-state index in [-0.39, 0.29) is 11.5 Å². The Hall–Kier alpha value is -2.99. The van der Waals surface area contributed by atoms with Crippen LogP contribution in [0.1, 0.15) is 43.7 Å². The second-order valence-electron chi connectivity index (χ2n) is 7.04. The lowest BCUT2D eigenvalue weighted by Crippen LogP contribution is -2.11. The minimum Gasteiger partial charge on any atom is -0.289 e. The van der Waals surface area contributed by atoms with E-state index in [2.05, 4.69) is 4.98 Å². The van der Waals surface area contributed by atoms with Crippen molar-refractivity contribution in [3.63, 3.8) is 0 Å². The lowest BCUT2D eigenvalue weighted by molar-refractivity contribution is -0.387. The van der Waals surface area contributed by atoms with E-state index in [9.17, 15) is 14.9 Å². The van der Waals surface area contributed by atoms with Gasteiger partial charge in [0, 0.05) is 23.4 Å². The average molecular weight is 407 g/mol. The summed E-state index contributed by atoms with van der Waals surface area (Å²) in [4.78, 5) is 29.2. The summed E-state index contributed by atoms with van der Waals surface area (Å²) >= 11 is 1.21. The summed E-state index contributed by atoms with van der Waals surface area (Å²) in [7, 11) is 0. The molecule has 29 heavy (non-hydrogen) atoms. The molecule has 0 fully saturated rings. The van der Waals surface area contributed by atoms with Crippen LogP contribution in [0.2, 0.25) is 0 Å². The Morgan fingerprint density at radius 3 is 2.10 bits per heavy atom. The Morgan fingerprint density at radius 1 is 0.931 bits per heavy atom. The molecule has 3 rings (SSSR count). The van der Waals surface area contributed by atoms with E-state index < -0.39 is 4.92 Å². The smallest absolute Gasteiger partial charge is 0.284 e. The molecule has 3 aromatic rings. The highest BCUT2D eigenvalue weighted by molar-refractivity contribution is 7.99. The van der Waals surface area contributed by atoms with Crippen LogP contribution in [0.25, 0.3) is 0 Å². The first-order valence-electron chi connectivity index (χ1n) is 9.21. The molecular weight excluding hydrogens is 384 g/mol. The van der Waals surface area contributed by atoms with Gasteiger partial charge < -0.3 is 0 Å². The first kappa shape index (κ1) is 20.7. The second-order valence-corrected chi connectivity index (χ2v) is 8.10. The number of nitro groups is 1. The highest BCUT2D eigenvalue weighted by Crippen LogP contribution is 2.35. The van der Waals surface area contributed by atoms with Crippen LogP contribution in [0, 0.1) is 44.7 Å². The number of rotatable bonds is 5. The maximum atomic E-state index is 13.3. The number of benzene rings is 2. The molecule has 0 saturated carbocycles. The van der Waals surface area contributed by atoms with Crippen molar-refractivity contribution in [1.82, 2.24) is 4.98 Å². The fourth-order valence-electron chi connectivity index (χ4n) is 3.39. The number of nitro benzene ring substituents is 1. The van der Waals surface area contributed by atoms with Crippen molar-refractivity contribution in [3.05, 3.63) is 91.7 Å². The van der Waals surface area contributed by atoms with E-state index in [0.717, 1.165) is 22.3 Å². The molecule has 0 aliphatic heterocycles.